The maximum atomic E-state index is 10.5. The number of aromatic nitrogens is 3. The highest BCUT2D eigenvalue weighted by molar-refractivity contribution is 7.09. The summed E-state index contributed by atoms with van der Waals surface area (Å²) in [6.07, 6.45) is 1.78. The Balaban J connectivity index is 1.81. The Morgan fingerprint density at radius 3 is 2.95 bits per heavy atom. The predicted molar refractivity (Wildman–Crippen MR) is 78.2 cm³/mol. The van der Waals surface area contributed by atoms with Crippen LogP contribution >= 0.6 is 11.3 Å². The van der Waals surface area contributed by atoms with Crippen LogP contribution in [-0.2, 0) is 6.54 Å². The molecule has 2 heterocycles. The molecule has 0 aliphatic rings. The lowest BCUT2D eigenvalue weighted by Gasteiger charge is -2.15. The van der Waals surface area contributed by atoms with Crippen molar-refractivity contribution in [1.29, 1.82) is 0 Å². The van der Waals surface area contributed by atoms with E-state index in [4.69, 9.17) is 0 Å². The van der Waals surface area contributed by atoms with E-state index in [1.54, 1.807) is 11.3 Å². The number of nitrogens with zero attached hydrogens (tertiary/aromatic N) is 4. The van der Waals surface area contributed by atoms with Crippen LogP contribution in [0.4, 0.5) is 5.69 Å². The van der Waals surface area contributed by atoms with Crippen LogP contribution in [0.15, 0.2) is 17.8 Å². The molecule has 0 fully saturated rings. The van der Waals surface area contributed by atoms with Gasteiger partial charge in [0.2, 0.25) is 0 Å². The standard InChI is InChI=1S/C12H17N5O3S/c1-8-7-21-12(15-8)9(2)13-4-11(18)6-16-5-10(3-14-16)17(19)20/h3,5,7,9,11,13,18H,4,6H2,1-2H3. The van der Waals surface area contributed by atoms with Crippen molar-refractivity contribution in [3.05, 3.63) is 38.6 Å². The molecule has 2 aromatic rings. The monoisotopic (exact) mass is 311 g/mol. The van der Waals surface area contributed by atoms with E-state index in [1.807, 2.05) is 19.2 Å². The van der Waals surface area contributed by atoms with E-state index < -0.39 is 11.0 Å². The molecule has 0 aliphatic carbocycles. The smallest absolute Gasteiger partial charge is 0.306 e. The van der Waals surface area contributed by atoms with Crippen molar-refractivity contribution in [2.75, 3.05) is 6.54 Å². The maximum Gasteiger partial charge on any atom is 0.306 e. The zero-order valence-corrected chi connectivity index (χ0v) is 12.6. The quantitative estimate of drug-likeness (QED) is 0.589. The molecule has 0 saturated heterocycles. The molecule has 2 unspecified atom stereocenters. The van der Waals surface area contributed by atoms with Crippen molar-refractivity contribution in [2.45, 2.75) is 32.5 Å². The summed E-state index contributed by atoms with van der Waals surface area (Å²) in [6, 6.07) is 0.0466. The third-order valence-electron chi connectivity index (χ3n) is 2.90. The molecule has 9 heteroatoms. The second-order valence-electron chi connectivity index (χ2n) is 4.79. The van der Waals surface area contributed by atoms with E-state index in [9.17, 15) is 15.2 Å². The second-order valence-corrected chi connectivity index (χ2v) is 5.68. The first kappa shape index (κ1) is 15.5. The summed E-state index contributed by atoms with van der Waals surface area (Å²) in [5.41, 5.74) is 0.898. The summed E-state index contributed by atoms with van der Waals surface area (Å²) in [6.45, 7) is 4.47. The molecule has 0 radical (unpaired) electrons. The predicted octanol–water partition coefficient (Wildman–Crippen LogP) is 1.27. The first-order valence-corrected chi connectivity index (χ1v) is 7.34. The highest BCUT2D eigenvalue weighted by Crippen LogP contribution is 2.17. The molecule has 0 aliphatic heterocycles. The van der Waals surface area contributed by atoms with Gasteiger partial charge in [-0.15, -0.1) is 11.3 Å². The number of aliphatic hydroxyl groups is 1. The second kappa shape index (κ2) is 6.74. The fourth-order valence-corrected chi connectivity index (χ4v) is 2.63. The Morgan fingerprint density at radius 1 is 1.62 bits per heavy atom. The third kappa shape index (κ3) is 4.31. The van der Waals surface area contributed by atoms with Crippen LogP contribution in [0, 0.1) is 17.0 Å². The van der Waals surface area contributed by atoms with Crippen molar-refractivity contribution in [3.8, 4) is 0 Å². The minimum Gasteiger partial charge on any atom is -0.390 e. The van der Waals surface area contributed by atoms with E-state index in [0.29, 0.717) is 6.54 Å². The Morgan fingerprint density at radius 2 is 2.38 bits per heavy atom. The zero-order chi connectivity index (χ0) is 15.4. The summed E-state index contributed by atoms with van der Waals surface area (Å²) >= 11 is 1.57. The van der Waals surface area contributed by atoms with Gasteiger partial charge in [0.25, 0.3) is 0 Å². The largest absolute Gasteiger partial charge is 0.390 e. The van der Waals surface area contributed by atoms with Crippen LogP contribution in [-0.4, -0.2) is 37.4 Å². The van der Waals surface area contributed by atoms with Crippen molar-refractivity contribution >= 4 is 17.0 Å². The zero-order valence-electron chi connectivity index (χ0n) is 11.8. The maximum absolute atomic E-state index is 10.5. The minimum atomic E-state index is -0.687. The van der Waals surface area contributed by atoms with E-state index in [2.05, 4.69) is 15.4 Å². The van der Waals surface area contributed by atoms with Gasteiger partial charge in [-0.05, 0) is 13.8 Å². The highest BCUT2D eigenvalue weighted by Gasteiger charge is 2.14. The van der Waals surface area contributed by atoms with Crippen molar-refractivity contribution in [3.63, 3.8) is 0 Å². The van der Waals surface area contributed by atoms with Gasteiger partial charge in [0.15, 0.2) is 0 Å². The molecule has 8 nitrogen and oxygen atoms in total. The molecular formula is C12H17N5O3S. The first-order chi connectivity index (χ1) is 9.95. The SMILES string of the molecule is Cc1csc(C(C)NCC(O)Cn2cc([N+](=O)[O-])cn2)n1. The number of aryl methyl sites for hydroxylation is 1. The summed E-state index contributed by atoms with van der Waals surface area (Å²) in [4.78, 5) is 14.4. The molecule has 0 aromatic carbocycles. The third-order valence-corrected chi connectivity index (χ3v) is 4.04. The van der Waals surface area contributed by atoms with E-state index >= 15 is 0 Å². The minimum absolute atomic E-state index is 0.0466. The molecule has 0 spiro atoms. The topological polar surface area (TPSA) is 106 Å². The number of nitro groups is 1. The fourth-order valence-electron chi connectivity index (χ4n) is 1.80. The average molecular weight is 311 g/mol. The van der Waals surface area contributed by atoms with Crippen LogP contribution in [0.25, 0.3) is 0 Å². The molecule has 0 amide bonds. The molecule has 2 N–H and O–H groups in total. The van der Waals surface area contributed by atoms with Crippen LogP contribution in [0.2, 0.25) is 0 Å². The van der Waals surface area contributed by atoms with Crippen LogP contribution in [0.5, 0.6) is 0 Å². The summed E-state index contributed by atoms with van der Waals surface area (Å²) in [7, 11) is 0. The Kier molecular flexibility index (Phi) is 4.99. The Hall–Kier alpha value is -1.84. The fraction of sp³-hybridized carbons (Fsp3) is 0.500. The average Bonchev–Trinajstić information content (AvgIpc) is 3.05. The van der Waals surface area contributed by atoms with Gasteiger partial charge in [-0.25, -0.2) is 4.98 Å². The van der Waals surface area contributed by atoms with Gasteiger partial charge in [-0.3, -0.25) is 14.8 Å². The van der Waals surface area contributed by atoms with Crippen LogP contribution in [0.3, 0.4) is 0 Å². The lowest BCUT2D eigenvalue weighted by Crippen LogP contribution is -2.32. The van der Waals surface area contributed by atoms with Gasteiger partial charge in [-0.1, -0.05) is 0 Å². The van der Waals surface area contributed by atoms with Gasteiger partial charge in [0.05, 0.1) is 23.6 Å². The van der Waals surface area contributed by atoms with Gasteiger partial charge in [0.1, 0.15) is 17.4 Å². The number of hydrogen-bond acceptors (Lipinski definition) is 7. The molecule has 21 heavy (non-hydrogen) atoms. The van der Waals surface area contributed by atoms with E-state index in [-0.39, 0.29) is 18.3 Å². The molecule has 0 saturated carbocycles. The highest BCUT2D eigenvalue weighted by atomic mass is 32.1. The van der Waals surface area contributed by atoms with E-state index in [0.717, 1.165) is 10.7 Å². The summed E-state index contributed by atoms with van der Waals surface area (Å²) < 4.78 is 1.36. The van der Waals surface area contributed by atoms with Crippen molar-refractivity contribution in [2.24, 2.45) is 0 Å². The Labute approximate surface area is 125 Å². The normalized spacial score (nSPS) is 14.0. The lowest BCUT2D eigenvalue weighted by molar-refractivity contribution is -0.385. The number of rotatable bonds is 7. The molecule has 0 bridgehead atoms. The number of aliphatic hydroxyl groups excluding tert-OH is 1. The van der Waals surface area contributed by atoms with Crippen LogP contribution < -0.4 is 5.32 Å². The van der Waals surface area contributed by atoms with E-state index in [1.165, 1.54) is 17.1 Å². The van der Waals surface area contributed by atoms with Gasteiger partial charge in [-0.2, -0.15) is 5.10 Å². The number of hydrogen-bond donors (Lipinski definition) is 2. The first-order valence-electron chi connectivity index (χ1n) is 6.46. The van der Waals surface area contributed by atoms with Crippen molar-refractivity contribution in [1.82, 2.24) is 20.1 Å². The summed E-state index contributed by atoms with van der Waals surface area (Å²) in [5, 5.41) is 30.5. The van der Waals surface area contributed by atoms with Crippen LogP contribution in [0.1, 0.15) is 23.7 Å². The molecular weight excluding hydrogens is 294 g/mol. The summed E-state index contributed by atoms with van der Waals surface area (Å²) in [5.74, 6) is 0. The van der Waals surface area contributed by atoms with Gasteiger partial charge >= 0.3 is 5.69 Å². The molecule has 2 rings (SSSR count). The number of nitrogens with one attached hydrogen (secondary N) is 1. The van der Waals surface area contributed by atoms with Crippen molar-refractivity contribution < 1.29 is 10.0 Å². The molecule has 114 valence electrons. The Bertz CT molecular complexity index is 612. The molecule has 2 atom stereocenters. The molecule has 2 aromatic heterocycles. The number of thiazole rings is 1. The van der Waals surface area contributed by atoms with Gasteiger partial charge in [0, 0.05) is 17.6 Å². The lowest BCUT2D eigenvalue weighted by atomic mass is 10.3. The van der Waals surface area contributed by atoms with Gasteiger partial charge < -0.3 is 10.4 Å².